The summed E-state index contributed by atoms with van der Waals surface area (Å²) in [6, 6.07) is 0.179. The molecule has 6 nitrogen and oxygen atoms in total. The number of hydrogen-bond donors (Lipinski definition) is 2. The highest BCUT2D eigenvalue weighted by Crippen LogP contribution is 2.34. The molecule has 1 saturated carbocycles. The zero-order valence-corrected chi connectivity index (χ0v) is 13.5. The van der Waals surface area contributed by atoms with Crippen LogP contribution >= 0.6 is 0 Å². The molecule has 0 aromatic carbocycles. The molecule has 7 heteroatoms. The number of nitrogens with one attached hydrogen (secondary N) is 1. The van der Waals surface area contributed by atoms with E-state index in [9.17, 15) is 18.3 Å². The third-order valence-electron chi connectivity index (χ3n) is 4.72. The second-order valence-corrected chi connectivity index (χ2v) is 8.56. The molecule has 2 unspecified atom stereocenters. The van der Waals surface area contributed by atoms with Gasteiger partial charge in [-0.25, -0.2) is 8.42 Å². The van der Waals surface area contributed by atoms with Gasteiger partial charge in [-0.3, -0.25) is 9.69 Å². The molecule has 21 heavy (non-hydrogen) atoms. The van der Waals surface area contributed by atoms with Gasteiger partial charge in [-0.2, -0.15) is 0 Å². The maximum Gasteiger partial charge on any atom is 0.323 e. The Hall–Kier alpha value is -0.660. The van der Waals surface area contributed by atoms with Crippen LogP contribution in [-0.2, 0) is 14.6 Å². The van der Waals surface area contributed by atoms with Gasteiger partial charge in [0.1, 0.15) is 5.54 Å². The van der Waals surface area contributed by atoms with Crippen molar-refractivity contribution >= 4 is 15.8 Å². The number of sulfone groups is 1. The fraction of sp³-hybridized carbons (Fsp3) is 0.929. The molecule has 0 aromatic heterocycles. The van der Waals surface area contributed by atoms with E-state index in [0.717, 1.165) is 19.4 Å². The molecule has 1 aliphatic heterocycles. The largest absolute Gasteiger partial charge is 0.480 e. The van der Waals surface area contributed by atoms with Crippen molar-refractivity contribution in [3.05, 3.63) is 0 Å². The maximum atomic E-state index is 11.7. The van der Waals surface area contributed by atoms with Crippen molar-refractivity contribution in [2.75, 3.05) is 31.1 Å². The lowest BCUT2D eigenvalue weighted by Crippen LogP contribution is -2.51. The van der Waals surface area contributed by atoms with Gasteiger partial charge in [0, 0.05) is 12.6 Å². The fourth-order valence-electron chi connectivity index (χ4n) is 3.45. The summed E-state index contributed by atoms with van der Waals surface area (Å²) in [6.45, 7) is 4.02. The summed E-state index contributed by atoms with van der Waals surface area (Å²) >= 11 is 0. The number of hydrogen-bond acceptors (Lipinski definition) is 5. The van der Waals surface area contributed by atoms with Crippen molar-refractivity contribution in [1.29, 1.82) is 0 Å². The number of carboxylic acid groups (broad SMARTS) is 1. The Labute approximate surface area is 126 Å². The van der Waals surface area contributed by atoms with Gasteiger partial charge in [-0.15, -0.1) is 0 Å². The van der Waals surface area contributed by atoms with Crippen molar-refractivity contribution in [3.8, 4) is 0 Å². The molecule has 122 valence electrons. The summed E-state index contributed by atoms with van der Waals surface area (Å²) in [7, 11) is -2.91. The summed E-state index contributed by atoms with van der Waals surface area (Å²) in [6.07, 6.45) is 3.57. The van der Waals surface area contributed by atoms with Crippen molar-refractivity contribution in [2.24, 2.45) is 0 Å². The minimum absolute atomic E-state index is 0.179. The molecule has 2 N–H and O–H groups in total. The maximum absolute atomic E-state index is 11.7. The van der Waals surface area contributed by atoms with Crippen LogP contribution in [0.15, 0.2) is 0 Å². The Kier molecular flexibility index (Phi) is 5.27. The number of rotatable bonds is 5. The lowest BCUT2D eigenvalue weighted by molar-refractivity contribution is -0.144. The van der Waals surface area contributed by atoms with E-state index in [4.69, 9.17) is 0 Å². The molecule has 0 bridgehead atoms. The van der Waals surface area contributed by atoms with Crippen LogP contribution in [0.4, 0.5) is 0 Å². The minimum Gasteiger partial charge on any atom is -0.480 e. The molecule has 2 atom stereocenters. The smallest absolute Gasteiger partial charge is 0.323 e. The van der Waals surface area contributed by atoms with Crippen molar-refractivity contribution < 1.29 is 18.3 Å². The number of carbonyl (C=O) groups is 1. The molecular formula is C14H26N2O4S. The standard InChI is InChI=1S/C14H26N2O4S/c1-2-6-15-14(13(17)18)5-4-12(11-14)16-7-3-9-21(19,20)10-8-16/h12,15H,2-11H2,1H3,(H,17,18). The van der Waals surface area contributed by atoms with Crippen LogP contribution in [0.25, 0.3) is 0 Å². The predicted octanol–water partition coefficient (Wildman–Crippen LogP) is 0.482. The monoisotopic (exact) mass is 318 g/mol. The summed E-state index contributed by atoms with van der Waals surface area (Å²) in [5.74, 6) is -0.318. The quantitative estimate of drug-likeness (QED) is 0.767. The van der Waals surface area contributed by atoms with E-state index >= 15 is 0 Å². The van der Waals surface area contributed by atoms with E-state index < -0.39 is 21.3 Å². The van der Waals surface area contributed by atoms with Crippen LogP contribution in [0.1, 0.15) is 39.0 Å². The van der Waals surface area contributed by atoms with E-state index in [-0.39, 0.29) is 17.5 Å². The number of carboxylic acids is 1. The first kappa shape index (κ1) is 16.7. The highest BCUT2D eigenvalue weighted by atomic mass is 32.2. The van der Waals surface area contributed by atoms with E-state index in [0.29, 0.717) is 32.4 Å². The van der Waals surface area contributed by atoms with E-state index in [1.165, 1.54) is 0 Å². The van der Waals surface area contributed by atoms with Gasteiger partial charge in [0.15, 0.2) is 9.84 Å². The highest BCUT2D eigenvalue weighted by Gasteiger charge is 2.46. The SMILES string of the molecule is CCCNC1(C(=O)O)CCC(N2CCCS(=O)(=O)CC2)C1. The van der Waals surface area contributed by atoms with Crippen LogP contribution in [0, 0.1) is 0 Å². The van der Waals surface area contributed by atoms with Crippen LogP contribution < -0.4 is 5.32 Å². The fourth-order valence-corrected chi connectivity index (χ4v) is 4.73. The number of nitrogens with zero attached hydrogens (tertiary/aromatic N) is 1. The second-order valence-electron chi connectivity index (χ2n) is 6.25. The van der Waals surface area contributed by atoms with Crippen molar-refractivity contribution in [3.63, 3.8) is 0 Å². The predicted molar refractivity (Wildman–Crippen MR) is 81.1 cm³/mol. The Morgan fingerprint density at radius 1 is 1.38 bits per heavy atom. The molecule has 2 fully saturated rings. The van der Waals surface area contributed by atoms with Crippen LogP contribution in [0.2, 0.25) is 0 Å². The first-order chi connectivity index (χ1) is 9.88. The van der Waals surface area contributed by atoms with Gasteiger partial charge in [0.2, 0.25) is 0 Å². The van der Waals surface area contributed by atoms with Gasteiger partial charge in [0.05, 0.1) is 11.5 Å². The average molecular weight is 318 g/mol. The Balaban J connectivity index is 2.01. The normalized spacial score (nSPS) is 33.7. The van der Waals surface area contributed by atoms with Gasteiger partial charge >= 0.3 is 5.97 Å². The second kappa shape index (κ2) is 6.62. The Morgan fingerprint density at radius 2 is 2.14 bits per heavy atom. The first-order valence-electron chi connectivity index (χ1n) is 7.81. The molecule has 0 amide bonds. The van der Waals surface area contributed by atoms with E-state index in [1.807, 2.05) is 6.92 Å². The number of aliphatic carboxylic acids is 1. The van der Waals surface area contributed by atoms with Gasteiger partial charge < -0.3 is 10.4 Å². The van der Waals surface area contributed by atoms with Crippen molar-refractivity contribution in [1.82, 2.24) is 10.2 Å². The van der Waals surface area contributed by atoms with Gasteiger partial charge in [-0.1, -0.05) is 6.92 Å². The first-order valence-corrected chi connectivity index (χ1v) is 9.63. The Morgan fingerprint density at radius 3 is 2.81 bits per heavy atom. The molecular weight excluding hydrogens is 292 g/mol. The topological polar surface area (TPSA) is 86.7 Å². The molecule has 2 aliphatic rings. The zero-order valence-electron chi connectivity index (χ0n) is 12.7. The summed E-state index contributed by atoms with van der Waals surface area (Å²) in [5, 5.41) is 12.8. The summed E-state index contributed by atoms with van der Waals surface area (Å²) in [4.78, 5) is 13.8. The molecule has 0 radical (unpaired) electrons. The van der Waals surface area contributed by atoms with Crippen LogP contribution in [0.3, 0.4) is 0 Å². The lowest BCUT2D eigenvalue weighted by Gasteiger charge is -2.30. The van der Waals surface area contributed by atoms with Gasteiger partial charge in [-0.05, 0) is 45.2 Å². The van der Waals surface area contributed by atoms with Crippen LogP contribution in [0.5, 0.6) is 0 Å². The summed E-state index contributed by atoms with van der Waals surface area (Å²) in [5.41, 5.74) is -0.828. The zero-order chi connectivity index (χ0) is 15.5. The van der Waals surface area contributed by atoms with Crippen molar-refractivity contribution in [2.45, 2.75) is 50.6 Å². The third kappa shape index (κ3) is 3.96. The van der Waals surface area contributed by atoms with E-state index in [2.05, 4.69) is 10.2 Å². The molecule has 2 rings (SSSR count). The summed E-state index contributed by atoms with van der Waals surface area (Å²) < 4.78 is 23.3. The van der Waals surface area contributed by atoms with Gasteiger partial charge in [0.25, 0.3) is 0 Å². The molecule has 1 aliphatic carbocycles. The molecule has 1 saturated heterocycles. The highest BCUT2D eigenvalue weighted by molar-refractivity contribution is 7.91. The third-order valence-corrected chi connectivity index (χ3v) is 6.43. The van der Waals surface area contributed by atoms with Crippen LogP contribution in [-0.4, -0.2) is 67.1 Å². The molecule has 0 spiro atoms. The minimum atomic E-state index is -2.91. The average Bonchev–Trinajstić information content (AvgIpc) is 2.77. The van der Waals surface area contributed by atoms with E-state index in [1.54, 1.807) is 0 Å². The Bertz CT molecular complexity index is 479. The molecule has 1 heterocycles. The lowest BCUT2D eigenvalue weighted by atomic mass is 9.97. The molecule has 0 aromatic rings.